The fourth-order valence-corrected chi connectivity index (χ4v) is 33.3. The number of carbonyl (C=O) groups excluding carboxylic acids is 1. The van der Waals surface area contributed by atoms with Crippen molar-refractivity contribution in [3.63, 3.8) is 0 Å². The zero-order chi connectivity index (χ0) is 13.0. The van der Waals surface area contributed by atoms with Gasteiger partial charge in [-0.1, -0.05) is 11.7 Å². The van der Waals surface area contributed by atoms with Crippen molar-refractivity contribution in [2.75, 3.05) is 0 Å². The average Bonchev–Trinajstić information content (AvgIpc) is 2.27. The van der Waals surface area contributed by atoms with Gasteiger partial charge in [0.05, 0.1) is 7.41 Å². The third kappa shape index (κ3) is 16.7. The Hall–Kier alpha value is 4.52. The summed E-state index contributed by atoms with van der Waals surface area (Å²) in [7, 11) is 16.5. The molecule has 0 spiro atoms. The molecule has 0 aromatic carbocycles. The lowest BCUT2D eigenvalue weighted by molar-refractivity contribution is 0.572. The van der Waals surface area contributed by atoms with Crippen LogP contribution in [0.4, 0.5) is 0 Å². The van der Waals surface area contributed by atoms with Crippen molar-refractivity contribution in [2.45, 2.75) is 0 Å². The van der Waals surface area contributed by atoms with Crippen LogP contribution in [-0.4, -0.2) is 5.66 Å². The van der Waals surface area contributed by atoms with Crippen molar-refractivity contribution >= 4 is 151 Å². The van der Waals surface area contributed by atoms with Gasteiger partial charge >= 0.3 is 0 Å². The lowest BCUT2D eigenvalue weighted by Crippen LogP contribution is -1.66. The first-order valence-corrected chi connectivity index (χ1v) is 22.2. The predicted molar refractivity (Wildman–Crippen MR) is 120 cm³/mol. The minimum Gasteiger partial charge on any atom is -0.228 e. The summed E-state index contributed by atoms with van der Waals surface area (Å²) in [6, 6.07) is 0. The third-order valence-electron chi connectivity index (χ3n) is 0.488. The summed E-state index contributed by atoms with van der Waals surface area (Å²) >= 11 is 14.2. The molecule has 100 valence electrons. The van der Waals surface area contributed by atoms with Gasteiger partial charge in [0.1, 0.15) is 0 Å². The van der Waals surface area contributed by atoms with Crippen LogP contribution in [0.1, 0.15) is 0 Å². The van der Waals surface area contributed by atoms with E-state index in [9.17, 15) is 4.79 Å². The second kappa shape index (κ2) is 15.4. The van der Waals surface area contributed by atoms with Crippen LogP contribution >= 0.6 is 117 Å². The highest BCUT2D eigenvalue weighted by atomic mass is 34.0. The van der Waals surface area contributed by atoms with Gasteiger partial charge in [0.2, 0.25) is 0 Å². The van der Waals surface area contributed by atoms with E-state index in [1.54, 1.807) is 74.4 Å². The SMILES string of the molecule is O=C=PS(=S)(=S)SSSSSSSSSSS. The van der Waals surface area contributed by atoms with Gasteiger partial charge in [0, 0.05) is 54.9 Å². The molecule has 0 saturated carbocycles. The molecular weight excluding hydrogens is 508 g/mol. The summed E-state index contributed by atoms with van der Waals surface area (Å²) in [5, 5.41) is 0. The molecule has 0 amide bonds. The molecule has 0 aromatic rings. The van der Waals surface area contributed by atoms with Crippen LogP contribution in [0.25, 0.3) is 0 Å². The van der Waals surface area contributed by atoms with E-state index in [0.717, 1.165) is 0 Å². The van der Waals surface area contributed by atoms with E-state index in [1.165, 1.54) is 29.5 Å². The lowest BCUT2D eigenvalue weighted by atomic mass is 11.9. The van der Waals surface area contributed by atoms with Crippen molar-refractivity contribution < 1.29 is 4.79 Å². The first kappa shape index (κ1) is 21.5. The van der Waals surface area contributed by atoms with Gasteiger partial charge in [-0.05, 0) is 71.5 Å². The quantitative estimate of drug-likeness (QED) is 0.130. The molecule has 0 aromatic heterocycles. The zero-order valence-corrected chi connectivity index (χ0v) is 19.5. The summed E-state index contributed by atoms with van der Waals surface area (Å²) in [6.07, 6.45) is 0. The summed E-state index contributed by atoms with van der Waals surface area (Å²) in [5.74, 6) is -1.72. The number of hydrogen-bond acceptors (Lipinski definition) is 14. The lowest BCUT2D eigenvalue weighted by Gasteiger charge is -1.99. The molecule has 0 heterocycles. The van der Waals surface area contributed by atoms with E-state index in [0.29, 0.717) is 7.41 Å². The summed E-state index contributed by atoms with van der Waals surface area (Å²) in [6.45, 7) is 0. The molecule has 16 heteroatoms. The van der Waals surface area contributed by atoms with Gasteiger partial charge in [0.15, 0.2) is 5.66 Å². The first-order chi connectivity index (χ1) is 8.12. The molecule has 0 aliphatic heterocycles. The van der Waals surface area contributed by atoms with Crippen molar-refractivity contribution in [3.05, 3.63) is 0 Å². The molecule has 0 atom stereocenters. The highest BCUT2D eigenvalue weighted by Crippen LogP contribution is 2.60. The van der Waals surface area contributed by atoms with E-state index in [2.05, 4.69) is 11.7 Å². The fourth-order valence-electron chi connectivity index (χ4n) is 0.188. The van der Waals surface area contributed by atoms with Crippen molar-refractivity contribution in [3.8, 4) is 0 Å². The van der Waals surface area contributed by atoms with Gasteiger partial charge in [-0.15, -0.1) is 0 Å². The first-order valence-electron chi connectivity index (χ1n) is 2.79. The van der Waals surface area contributed by atoms with Gasteiger partial charge < -0.3 is 0 Å². The Labute approximate surface area is 153 Å². The molecule has 0 N–H and O–H groups in total. The second-order valence-electron chi connectivity index (χ2n) is 1.30. The van der Waals surface area contributed by atoms with Gasteiger partial charge in [-0.2, -0.15) is 0 Å². The largest absolute Gasteiger partial charge is 0.228 e. The third-order valence-corrected chi connectivity index (χ3v) is 30.8. The number of hydrogen-bond donors (Lipinski definition) is 1. The zero-order valence-electron chi connectivity index (χ0n) is 7.11. The van der Waals surface area contributed by atoms with E-state index < -0.39 is 5.80 Å². The van der Waals surface area contributed by atoms with Crippen LogP contribution in [0.3, 0.4) is 0 Å². The molecule has 0 bridgehead atoms. The fraction of sp³-hybridized carbons (Fsp3) is 0. The minimum atomic E-state index is -1.72. The molecule has 0 aliphatic carbocycles. The van der Waals surface area contributed by atoms with Crippen molar-refractivity contribution in [1.29, 1.82) is 0 Å². The topological polar surface area (TPSA) is 17.1 Å². The van der Waals surface area contributed by atoms with Crippen molar-refractivity contribution in [1.82, 2.24) is 0 Å². The van der Waals surface area contributed by atoms with E-state index in [1.807, 2.05) is 0 Å². The van der Waals surface area contributed by atoms with E-state index >= 15 is 0 Å². The van der Waals surface area contributed by atoms with Gasteiger partial charge in [0.25, 0.3) is 0 Å². The van der Waals surface area contributed by atoms with Crippen LogP contribution < -0.4 is 0 Å². The Morgan fingerprint density at radius 1 is 0.941 bits per heavy atom. The minimum absolute atomic E-state index is 0.427. The summed E-state index contributed by atoms with van der Waals surface area (Å²) in [4.78, 5) is 10.2. The molecule has 0 saturated heterocycles. The molecule has 0 rings (SSSR count). The molecule has 0 aliphatic rings. The molecule has 0 radical (unpaired) electrons. The Bertz CT molecular complexity index is 313. The molecular formula is CHOPS14. The van der Waals surface area contributed by atoms with Gasteiger partial charge in [-0.25, -0.2) is 4.79 Å². The van der Waals surface area contributed by atoms with Crippen molar-refractivity contribution in [2.24, 2.45) is 0 Å². The molecule has 1 nitrogen and oxygen atoms in total. The maximum Gasteiger partial charge on any atom is 0.163 e. The van der Waals surface area contributed by atoms with E-state index in [4.69, 9.17) is 22.4 Å². The van der Waals surface area contributed by atoms with Crippen LogP contribution in [0, 0.1) is 0 Å². The Balaban J connectivity index is 3.32. The van der Waals surface area contributed by atoms with Gasteiger partial charge in [-0.3, -0.25) is 0 Å². The monoisotopic (exact) mass is 508 g/mol. The van der Waals surface area contributed by atoms with Crippen LogP contribution in [0.2, 0.25) is 0 Å². The normalized spacial score (nSPS) is 11.6. The number of rotatable bonds is 11. The Morgan fingerprint density at radius 2 is 1.41 bits per heavy atom. The van der Waals surface area contributed by atoms with E-state index in [-0.39, 0.29) is 0 Å². The number of thiol groups is 1. The van der Waals surface area contributed by atoms with Crippen LogP contribution in [-0.2, 0) is 33.0 Å². The highest BCUT2D eigenvalue weighted by molar-refractivity contribution is 9.55. The Kier molecular flexibility index (Phi) is 19.5. The Morgan fingerprint density at radius 3 is 1.88 bits per heavy atom. The molecule has 0 unspecified atom stereocenters. The summed E-state index contributed by atoms with van der Waals surface area (Å²) < 4.78 is 0. The second-order valence-corrected chi connectivity index (χ2v) is 31.2. The summed E-state index contributed by atoms with van der Waals surface area (Å²) in [5.41, 5.74) is 1.76. The smallest absolute Gasteiger partial charge is 0.163 e. The average molecular weight is 509 g/mol. The standard InChI is InChI=1S/CHOPS14/c2-1-3-17(5,6)16-15-14-13-12-11-10-9-8-7-4/h4H. The van der Waals surface area contributed by atoms with Crippen LogP contribution in [0.5, 0.6) is 0 Å². The highest BCUT2D eigenvalue weighted by Gasteiger charge is 2.02. The maximum absolute atomic E-state index is 10.2. The predicted octanol–water partition coefficient (Wildman–Crippen LogP) is 7.32. The van der Waals surface area contributed by atoms with Crippen LogP contribution in [0.15, 0.2) is 0 Å². The molecule has 17 heavy (non-hydrogen) atoms. The molecule has 0 fully saturated rings. The maximum atomic E-state index is 10.2.